The highest BCUT2D eigenvalue weighted by molar-refractivity contribution is 7.92. The molecule has 0 saturated carbocycles. The predicted octanol–water partition coefficient (Wildman–Crippen LogP) is 2.81. The summed E-state index contributed by atoms with van der Waals surface area (Å²) in [5, 5.41) is 16.4. The van der Waals surface area contributed by atoms with E-state index in [0.717, 1.165) is 16.8 Å². The molecule has 0 bridgehead atoms. The van der Waals surface area contributed by atoms with E-state index in [1.807, 2.05) is 24.3 Å². The third-order valence-electron chi connectivity index (χ3n) is 5.04. The van der Waals surface area contributed by atoms with Crippen LogP contribution in [-0.4, -0.2) is 38.1 Å². The number of benzene rings is 2. The van der Waals surface area contributed by atoms with Crippen molar-refractivity contribution >= 4 is 21.5 Å². The van der Waals surface area contributed by atoms with Crippen LogP contribution in [-0.2, 0) is 16.4 Å². The number of ether oxygens (including phenoxy) is 1. The Morgan fingerprint density at radius 2 is 1.93 bits per heavy atom. The van der Waals surface area contributed by atoms with Gasteiger partial charge in [0.05, 0.1) is 29.6 Å². The first-order valence-electron chi connectivity index (χ1n) is 9.19. The fraction of sp³-hybridized carbons (Fsp3) is 0.143. The number of aromatic nitrogens is 1. The number of amidine groups is 1. The van der Waals surface area contributed by atoms with Gasteiger partial charge >= 0.3 is 0 Å². The van der Waals surface area contributed by atoms with Crippen molar-refractivity contribution in [1.29, 1.82) is 5.41 Å². The molecule has 9 heteroatoms. The molecule has 0 saturated heterocycles. The number of methoxy groups -OCH3 is 1. The van der Waals surface area contributed by atoms with Gasteiger partial charge in [-0.15, -0.1) is 0 Å². The van der Waals surface area contributed by atoms with Gasteiger partial charge in [-0.05, 0) is 60.5 Å². The lowest BCUT2D eigenvalue weighted by molar-refractivity contribution is 0.234. The van der Waals surface area contributed by atoms with Crippen LogP contribution in [0.1, 0.15) is 11.1 Å². The lowest BCUT2D eigenvalue weighted by Gasteiger charge is -2.20. The van der Waals surface area contributed by atoms with Gasteiger partial charge in [0.2, 0.25) is 0 Å². The quantitative estimate of drug-likeness (QED) is 0.330. The van der Waals surface area contributed by atoms with Gasteiger partial charge in [0, 0.05) is 17.7 Å². The van der Waals surface area contributed by atoms with Crippen molar-refractivity contribution in [2.45, 2.75) is 11.3 Å². The van der Waals surface area contributed by atoms with Crippen LogP contribution in [0.4, 0.5) is 5.69 Å². The maximum absolute atomic E-state index is 13.2. The molecule has 1 aliphatic heterocycles. The van der Waals surface area contributed by atoms with Crippen LogP contribution in [0.15, 0.2) is 65.7 Å². The molecule has 2 heterocycles. The molecule has 8 nitrogen and oxygen atoms in total. The maximum Gasteiger partial charge on any atom is 0.264 e. The zero-order valence-electron chi connectivity index (χ0n) is 16.2. The summed E-state index contributed by atoms with van der Waals surface area (Å²) in [5.74, 6) is 0.471. The summed E-state index contributed by atoms with van der Waals surface area (Å²) in [5.41, 5.74) is 5.42. The molecule has 0 aliphatic carbocycles. The fourth-order valence-electron chi connectivity index (χ4n) is 3.44. The predicted molar refractivity (Wildman–Crippen MR) is 113 cm³/mol. The fourth-order valence-corrected chi connectivity index (χ4v) is 4.94. The summed E-state index contributed by atoms with van der Waals surface area (Å²) in [4.78, 5) is 4.52. The summed E-state index contributed by atoms with van der Waals surface area (Å²) >= 11 is 0. The monoisotopic (exact) mass is 424 g/mol. The highest BCUT2D eigenvalue weighted by Gasteiger charge is 2.31. The molecule has 2 aromatic carbocycles. The SMILES string of the molecule is COc1ccc(-c2ccc3c(c2)CCN3S(=O)(=O)c2ccc(C(=N)NO)cc2)nc1. The molecular weight excluding hydrogens is 404 g/mol. The minimum absolute atomic E-state index is 0.130. The van der Waals surface area contributed by atoms with Crippen molar-refractivity contribution in [3.63, 3.8) is 0 Å². The number of nitrogens with zero attached hydrogens (tertiary/aromatic N) is 2. The highest BCUT2D eigenvalue weighted by atomic mass is 32.2. The molecule has 0 radical (unpaired) electrons. The molecule has 0 amide bonds. The Morgan fingerprint density at radius 3 is 2.57 bits per heavy atom. The van der Waals surface area contributed by atoms with E-state index in [-0.39, 0.29) is 10.7 Å². The largest absolute Gasteiger partial charge is 0.495 e. The van der Waals surface area contributed by atoms with E-state index >= 15 is 0 Å². The minimum Gasteiger partial charge on any atom is -0.495 e. The normalized spacial score (nSPS) is 13.1. The van der Waals surface area contributed by atoms with E-state index in [9.17, 15) is 8.42 Å². The molecule has 1 aliphatic rings. The van der Waals surface area contributed by atoms with E-state index in [1.165, 1.54) is 28.6 Å². The zero-order chi connectivity index (χ0) is 21.3. The lowest BCUT2D eigenvalue weighted by atomic mass is 10.1. The molecular formula is C21H20N4O4S. The summed E-state index contributed by atoms with van der Waals surface area (Å²) in [6.45, 7) is 0.354. The van der Waals surface area contributed by atoms with E-state index < -0.39 is 10.0 Å². The summed E-state index contributed by atoms with van der Waals surface area (Å²) in [6.07, 6.45) is 2.25. The smallest absolute Gasteiger partial charge is 0.264 e. The van der Waals surface area contributed by atoms with Gasteiger partial charge < -0.3 is 4.74 Å². The second-order valence-corrected chi connectivity index (χ2v) is 8.63. The van der Waals surface area contributed by atoms with Crippen molar-refractivity contribution in [3.05, 3.63) is 71.9 Å². The molecule has 0 fully saturated rings. The molecule has 30 heavy (non-hydrogen) atoms. The van der Waals surface area contributed by atoms with Crippen LogP contribution >= 0.6 is 0 Å². The summed E-state index contributed by atoms with van der Waals surface area (Å²) in [6, 6.07) is 15.2. The summed E-state index contributed by atoms with van der Waals surface area (Å²) < 4.78 is 32.8. The number of anilines is 1. The Hall–Kier alpha value is -3.43. The Balaban J connectivity index is 1.63. The topological polar surface area (TPSA) is 116 Å². The Labute approximate surface area is 174 Å². The van der Waals surface area contributed by atoms with Crippen molar-refractivity contribution in [3.8, 4) is 17.0 Å². The zero-order valence-corrected chi connectivity index (χ0v) is 17.0. The average molecular weight is 424 g/mol. The first-order chi connectivity index (χ1) is 14.4. The average Bonchev–Trinajstić information content (AvgIpc) is 3.23. The summed E-state index contributed by atoms with van der Waals surface area (Å²) in [7, 11) is -2.15. The third-order valence-corrected chi connectivity index (χ3v) is 6.87. The van der Waals surface area contributed by atoms with Gasteiger partial charge in [-0.3, -0.25) is 25.4 Å². The van der Waals surface area contributed by atoms with Gasteiger partial charge in [0.1, 0.15) is 11.6 Å². The van der Waals surface area contributed by atoms with Crippen LogP contribution in [0, 0.1) is 5.41 Å². The van der Waals surface area contributed by atoms with Crippen molar-refractivity contribution in [1.82, 2.24) is 10.5 Å². The number of nitrogens with one attached hydrogen (secondary N) is 2. The standard InChI is InChI=1S/C21H20N4O4S/c1-29-17-5-8-19(23-13-17)15-4-9-20-16(12-15)10-11-25(20)30(27,28)18-6-2-14(3-7-18)21(22)24-26/h2-9,12-13,26H,10-11H2,1H3,(H2,22,24). The van der Waals surface area contributed by atoms with Crippen LogP contribution < -0.4 is 14.5 Å². The second kappa shape index (κ2) is 7.77. The first-order valence-corrected chi connectivity index (χ1v) is 10.6. The van der Waals surface area contributed by atoms with Crippen LogP contribution in [0.3, 0.4) is 0 Å². The number of pyridine rings is 1. The second-order valence-electron chi connectivity index (χ2n) is 6.77. The molecule has 1 aromatic heterocycles. The van der Waals surface area contributed by atoms with Gasteiger partial charge in [-0.1, -0.05) is 6.07 Å². The van der Waals surface area contributed by atoms with Crippen molar-refractivity contribution < 1.29 is 18.4 Å². The number of hydrogen-bond donors (Lipinski definition) is 3. The van der Waals surface area contributed by atoms with Crippen LogP contribution in [0.25, 0.3) is 11.3 Å². The Bertz CT molecular complexity index is 1190. The van der Waals surface area contributed by atoms with Gasteiger partial charge in [-0.25, -0.2) is 8.42 Å². The highest BCUT2D eigenvalue weighted by Crippen LogP contribution is 2.35. The Morgan fingerprint density at radius 1 is 1.17 bits per heavy atom. The van der Waals surface area contributed by atoms with Crippen LogP contribution in [0.5, 0.6) is 5.75 Å². The first kappa shape index (κ1) is 19.9. The Kier molecular flexibility index (Phi) is 5.15. The van der Waals surface area contributed by atoms with Gasteiger partial charge in [-0.2, -0.15) is 0 Å². The van der Waals surface area contributed by atoms with Crippen LogP contribution in [0.2, 0.25) is 0 Å². The van der Waals surface area contributed by atoms with E-state index in [1.54, 1.807) is 24.9 Å². The minimum atomic E-state index is -3.74. The molecule has 0 spiro atoms. The molecule has 154 valence electrons. The van der Waals surface area contributed by atoms with E-state index in [0.29, 0.717) is 30.0 Å². The maximum atomic E-state index is 13.2. The van der Waals surface area contributed by atoms with Gasteiger partial charge in [0.25, 0.3) is 10.0 Å². The lowest BCUT2D eigenvalue weighted by Crippen LogP contribution is -2.29. The van der Waals surface area contributed by atoms with E-state index in [2.05, 4.69) is 4.98 Å². The molecule has 3 N–H and O–H groups in total. The third kappa shape index (κ3) is 3.49. The number of hydrogen-bond acceptors (Lipinski definition) is 6. The molecule has 3 aromatic rings. The van der Waals surface area contributed by atoms with Crippen molar-refractivity contribution in [2.75, 3.05) is 18.0 Å². The van der Waals surface area contributed by atoms with Crippen molar-refractivity contribution in [2.24, 2.45) is 0 Å². The molecule has 0 atom stereocenters. The molecule has 4 rings (SSSR count). The van der Waals surface area contributed by atoms with E-state index in [4.69, 9.17) is 15.4 Å². The number of rotatable bonds is 5. The number of fused-ring (bicyclic) bond motifs is 1. The van der Waals surface area contributed by atoms with Gasteiger partial charge in [0.15, 0.2) is 0 Å². The number of hydroxylamine groups is 1. The number of sulfonamides is 1. The molecule has 0 unspecified atom stereocenters.